The molecule has 1 amide bonds. The van der Waals surface area contributed by atoms with E-state index in [1.807, 2.05) is 0 Å². The lowest BCUT2D eigenvalue weighted by Crippen LogP contribution is -2.20. The van der Waals surface area contributed by atoms with Gasteiger partial charge in [-0.2, -0.15) is 0 Å². The van der Waals surface area contributed by atoms with Crippen LogP contribution < -0.4 is 15.7 Å². The molecule has 6 heteroatoms. The molecule has 0 fully saturated rings. The molecule has 0 radical (unpaired) electrons. The van der Waals surface area contributed by atoms with Crippen LogP contribution >= 0.6 is 11.6 Å². The van der Waals surface area contributed by atoms with Gasteiger partial charge in [0.1, 0.15) is 5.56 Å². The van der Waals surface area contributed by atoms with Crippen LogP contribution in [0.4, 0.5) is 5.69 Å². The van der Waals surface area contributed by atoms with Gasteiger partial charge < -0.3 is 14.5 Å². The van der Waals surface area contributed by atoms with Crippen LogP contribution in [0.15, 0.2) is 57.7 Å². The van der Waals surface area contributed by atoms with E-state index in [1.54, 1.807) is 42.5 Å². The maximum absolute atomic E-state index is 12.3. The fourth-order valence-electron chi connectivity index (χ4n) is 2.19. The van der Waals surface area contributed by atoms with Crippen LogP contribution in [0, 0.1) is 0 Å². The second kappa shape index (κ2) is 6.14. The van der Waals surface area contributed by atoms with Crippen LogP contribution in [0.5, 0.6) is 5.75 Å². The first kappa shape index (κ1) is 15.1. The Morgan fingerprint density at radius 1 is 1.17 bits per heavy atom. The molecule has 0 aliphatic heterocycles. The average molecular weight is 330 g/mol. The summed E-state index contributed by atoms with van der Waals surface area (Å²) >= 11 is 6.00. The van der Waals surface area contributed by atoms with Crippen molar-refractivity contribution in [1.29, 1.82) is 0 Å². The Balaban J connectivity index is 2.03. The van der Waals surface area contributed by atoms with Crippen molar-refractivity contribution in [1.82, 2.24) is 0 Å². The summed E-state index contributed by atoms with van der Waals surface area (Å²) in [5.74, 6) is -0.158. The molecule has 0 unspecified atom stereocenters. The Labute approximate surface area is 136 Å². The van der Waals surface area contributed by atoms with E-state index in [1.165, 1.54) is 13.2 Å². The minimum atomic E-state index is -0.744. The van der Waals surface area contributed by atoms with Gasteiger partial charge in [0.05, 0.1) is 17.8 Å². The van der Waals surface area contributed by atoms with Crippen LogP contribution in [0.25, 0.3) is 11.0 Å². The zero-order valence-corrected chi connectivity index (χ0v) is 12.9. The van der Waals surface area contributed by atoms with Gasteiger partial charge in [0.2, 0.25) is 0 Å². The fourth-order valence-corrected chi connectivity index (χ4v) is 2.37. The van der Waals surface area contributed by atoms with Crippen molar-refractivity contribution in [2.24, 2.45) is 0 Å². The van der Waals surface area contributed by atoms with Gasteiger partial charge in [-0.05, 0) is 24.3 Å². The number of benzene rings is 2. The highest BCUT2D eigenvalue weighted by Crippen LogP contribution is 2.25. The monoisotopic (exact) mass is 329 g/mol. The van der Waals surface area contributed by atoms with E-state index in [-0.39, 0.29) is 5.56 Å². The van der Waals surface area contributed by atoms with Crippen molar-refractivity contribution in [3.05, 3.63) is 69.5 Å². The molecule has 0 bridgehead atoms. The minimum absolute atomic E-state index is 0.106. The standard InChI is InChI=1S/C17H12ClNO4/c1-22-14-8-4-5-10-9-11(17(21)23-15(10)14)16(20)19-13-7-3-2-6-12(13)18/h2-9H,1H3,(H,19,20). The van der Waals surface area contributed by atoms with Gasteiger partial charge in [-0.25, -0.2) is 4.79 Å². The van der Waals surface area contributed by atoms with Gasteiger partial charge in [-0.15, -0.1) is 0 Å². The highest BCUT2D eigenvalue weighted by Gasteiger charge is 2.16. The van der Waals surface area contributed by atoms with E-state index >= 15 is 0 Å². The largest absolute Gasteiger partial charge is 0.493 e. The zero-order chi connectivity index (χ0) is 16.4. The number of para-hydroxylation sites is 2. The molecule has 1 aromatic heterocycles. The Bertz CT molecular complexity index is 949. The molecule has 5 nitrogen and oxygen atoms in total. The third-order valence-electron chi connectivity index (χ3n) is 3.31. The number of anilines is 1. The Kier molecular flexibility index (Phi) is 4.04. The third kappa shape index (κ3) is 2.91. The molecule has 0 saturated heterocycles. The highest BCUT2D eigenvalue weighted by atomic mass is 35.5. The fraction of sp³-hybridized carbons (Fsp3) is 0.0588. The summed E-state index contributed by atoms with van der Waals surface area (Å²) in [4.78, 5) is 24.4. The maximum Gasteiger partial charge on any atom is 0.349 e. The van der Waals surface area contributed by atoms with Crippen LogP contribution in [0.1, 0.15) is 10.4 Å². The number of hydrogen-bond acceptors (Lipinski definition) is 4. The van der Waals surface area contributed by atoms with E-state index in [0.29, 0.717) is 27.4 Å². The smallest absolute Gasteiger partial charge is 0.349 e. The van der Waals surface area contributed by atoms with Crippen molar-refractivity contribution < 1.29 is 13.9 Å². The average Bonchev–Trinajstić information content (AvgIpc) is 2.55. The molecular weight excluding hydrogens is 318 g/mol. The molecule has 0 saturated carbocycles. The molecule has 3 rings (SSSR count). The number of fused-ring (bicyclic) bond motifs is 1. The van der Waals surface area contributed by atoms with E-state index < -0.39 is 11.5 Å². The number of carbonyl (C=O) groups excluding carboxylic acids is 1. The Hall–Kier alpha value is -2.79. The molecule has 116 valence electrons. The summed E-state index contributed by atoms with van der Waals surface area (Å²) in [6.45, 7) is 0. The summed E-state index contributed by atoms with van der Waals surface area (Å²) in [7, 11) is 1.48. The van der Waals surface area contributed by atoms with Crippen molar-refractivity contribution in [3.8, 4) is 5.75 Å². The molecule has 3 aromatic rings. The molecule has 1 N–H and O–H groups in total. The van der Waals surface area contributed by atoms with Gasteiger partial charge in [-0.3, -0.25) is 4.79 Å². The molecule has 0 spiro atoms. The van der Waals surface area contributed by atoms with E-state index in [2.05, 4.69) is 5.32 Å². The zero-order valence-electron chi connectivity index (χ0n) is 12.1. The van der Waals surface area contributed by atoms with Crippen LogP contribution in [0.2, 0.25) is 5.02 Å². The van der Waals surface area contributed by atoms with Gasteiger partial charge in [0, 0.05) is 5.39 Å². The first-order chi connectivity index (χ1) is 11.1. The minimum Gasteiger partial charge on any atom is -0.493 e. The number of halogens is 1. The summed E-state index contributed by atoms with van der Waals surface area (Å²) in [5, 5.41) is 3.57. The lowest BCUT2D eigenvalue weighted by molar-refractivity contribution is 0.102. The number of ether oxygens (including phenoxy) is 1. The van der Waals surface area contributed by atoms with Crippen LogP contribution in [-0.2, 0) is 0 Å². The van der Waals surface area contributed by atoms with E-state index in [9.17, 15) is 9.59 Å². The Morgan fingerprint density at radius 3 is 2.70 bits per heavy atom. The number of hydrogen-bond donors (Lipinski definition) is 1. The van der Waals surface area contributed by atoms with E-state index in [0.717, 1.165) is 0 Å². The molecule has 0 aliphatic rings. The molecule has 0 aliphatic carbocycles. The normalized spacial score (nSPS) is 10.5. The van der Waals surface area contributed by atoms with Gasteiger partial charge in [0.25, 0.3) is 5.91 Å². The maximum atomic E-state index is 12.3. The van der Waals surface area contributed by atoms with Gasteiger partial charge in [0.15, 0.2) is 11.3 Å². The second-order valence-electron chi connectivity index (χ2n) is 4.76. The number of nitrogens with one attached hydrogen (secondary N) is 1. The summed E-state index contributed by atoms with van der Waals surface area (Å²) < 4.78 is 10.4. The van der Waals surface area contributed by atoms with Gasteiger partial charge in [-0.1, -0.05) is 35.9 Å². The molecule has 1 heterocycles. The third-order valence-corrected chi connectivity index (χ3v) is 3.64. The summed E-state index contributed by atoms with van der Waals surface area (Å²) in [5.41, 5.74) is -0.129. The number of rotatable bonds is 3. The van der Waals surface area contributed by atoms with Crippen molar-refractivity contribution in [2.75, 3.05) is 12.4 Å². The van der Waals surface area contributed by atoms with Crippen molar-refractivity contribution in [3.63, 3.8) is 0 Å². The quantitative estimate of drug-likeness (QED) is 0.744. The molecule has 0 atom stereocenters. The number of carbonyl (C=O) groups is 1. The SMILES string of the molecule is COc1cccc2cc(C(=O)Nc3ccccc3Cl)c(=O)oc12. The van der Waals surface area contributed by atoms with E-state index in [4.69, 9.17) is 20.8 Å². The predicted octanol–water partition coefficient (Wildman–Crippen LogP) is 3.71. The summed E-state index contributed by atoms with van der Waals surface area (Å²) in [6, 6.07) is 13.4. The van der Waals surface area contributed by atoms with Crippen LogP contribution in [-0.4, -0.2) is 13.0 Å². The first-order valence-corrected chi connectivity index (χ1v) is 7.14. The first-order valence-electron chi connectivity index (χ1n) is 6.77. The Morgan fingerprint density at radius 2 is 1.96 bits per heavy atom. The van der Waals surface area contributed by atoms with Crippen LogP contribution in [0.3, 0.4) is 0 Å². The molecule has 2 aromatic carbocycles. The topological polar surface area (TPSA) is 68.5 Å². The van der Waals surface area contributed by atoms with Crippen molar-refractivity contribution in [2.45, 2.75) is 0 Å². The predicted molar refractivity (Wildman–Crippen MR) is 88.4 cm³/mol. The molecular formula is C17H12ClNO4. The lowest BCUT2D eigenvalue weighted by Gasteiger charge is -2.08. The number of methoxy groups -OCH3 is 1. The van der Waals surface area contributed by atoms with Gasteiger partial charge >= 0.3 is 5.63 Å². The molecule has 23 heavy (non-hydrogen) atoms. The second-order valence-corrected chi connectivity index (χ2v) is 5.17. The van der Waals surface area contributed by atoms with Crippen molar-refractivity contribution >= 4 is 34.2 Å². The number of amides is 1. The highest BCUT2D eigenvalue weighted by molar-refractivity contribution is 6.33. The lowest BCUT2D eigenvalue weighted by atomic mass is 10.1. The summed E-state index contributed by atoms with van der Waals surface area (Å²) in [6.07, 6.45) is 0.